The van der Waals surface area contributed by atoms with Crippen molar-refractivity contribution in [1.82, 2.24) is 0 Å². The van der Waals surface area contributed by atoms with E-state index in [4.69, 9.17) is 9.47 Å². The smallest absolute Gasteiger partial charge is 0.0629 e. The highest BCUT2D eigenvalue weighted by Gasteiger charge is 2.31. The van der Waals surface area contributed by atoms with E-state index in [1.807, 2.05) is 0 Å². The first kappa shape index (κ1) is 29.9. The third-order valence-electron chi connectivity index (χ3n) is 6.01. The minimum absolute atomic E-state index is 0.315. The Hall–Kier alpha value is -1.10. The molecular weight excluding hydrogens is 384 g/mol. The first-order valence-corrected chi connectivity index (χ1v) is 13.1. The molecule has 0 heterocycles. The number of rotatable bonds is 24. The molecule has 0 fully saturated rings. The van der Waals surface area contributed by atoms with Crippen molar-refractivity contribution in [2.24, 2.45) is 5.41 Å². The van der Waals surface area contributed by atoms with Gasteiger partial charge in [0.15, 0.2) is 0 Å². The molecule has 0 spiro atoms. The predicted octanol–water partition coefficient (Wildman–Crippen LogP) is 8.11. The molecule has 0 radical (unpaired) electrons. The van der Waals surface area contributed by atoms with Crippen LogP contribution in [0.1, 0.15) is 129 Å². The molecule has 0 atom stereocenters. The summed E-state index contributed by atoms with van der Waals surface area (Å²) >= 11 is 0. The first-order chi connectivity index (χ1) is 15.2. The van der Waals surface area contributed by atoms with E-state index in [-0.39, 0.29) is 0 Å². The van der Waals surface area contributed by atoms with Crippen LogP contribution in [0.3, 0.4) is 0 Å². The van der Waals surface area contributed by atoms with Crippen LogP contribution in [-0.2, 0) is 9.47 Å². The average molecular weight is 435 g/mol. The molecule has 0 aromatic carbocycles. The van der Waals surface area contributed by atoms with Crippen molar-refractivity contribution in [3.63, 3.8) is 0 Å². The van der Waals surface area contributed by atoms with Crippen LogP contribution in [0.5, 0.6) is 0 Å². The van der Waals surface area contributed by atoms with Gasteiger partial charge in [-0.15, -0.1) is 0 Å². The summed E-state index contributed by atoms with van der Waals surface area (Å²) in [4.78, 5) is 0. The van der Waals surface area contributed by atoms with E-state index in [0.29, 0.717) is 39.3 Å². The molecule has 0 rings (SSSR count). The summed E-state index contributed by atoms with van der Waals surface area (Å²) in [5, 5.41) is 18.6. The normalized spacial score (nSPS) is 11.4. The number of nitriles is 2. The van der Waals surface area contributed by atoms with Gasteiger partial charge in [0.05, 0.1) is 25.4 Å². The molecular formula is C27H50N2O2. The number of hydrogen-bond donors (Lipinski definition) is 0. The highest BCUT2D eigenvalue weighted by atomic mass is 16.5. The summed E-state index contributed by atoms with van der Waals surface area (Å²) < 4.78 is 11.8. The summed E-state index contributed by atoms with van der Waals surface area (Å²) in [6.45, 7) is 6.82. The van der Waals surface area contributed by atoms with Crippen molar-refractivity contribution in [3.8, 4) is 12.1 Å². The number of ether oxygens (including phenoxy) is 2. The van der Waals surface area contributed by atoms with Crippen LogP contribution in [0.2, 0.25) is 0 Å². The van der Waals surface area contributed by atoms with Gasteiger partial charge in [0, 0.05) is 31.5 Å². The standard InChI is InChI=1S/C27H50N2O2/c1-3-5-7-9-11-13-15-17-23-30-25-27(19-21-28,20-22-29)26-31-24-18-16-14-12-10-8-6-4-2/h3-20,23-26H2,1-2H3. The molecule has 0 aromatic heterocycles. The predicted molar refractivity (Wildman–Crippen MR) is 130 cm³/mol. The summed E-state index contributed by atoms with van der Waals surface area (Å²) in [6, 6.07) is 4.51. The summed E-state index contributed by atoms with van der Waals surface area (Å²) in [5.74, 6) is 0. The summed E-state index contributed by atoms with van der Waals surface area (Å²) in [5.41, 5.74) is -0.482. The molecule has 4 heteroatoms. The van der Waals surface area contributed by atoms with Crippen LogP contribution in [0.25, 0.3) is 0 Å². The van der Waals surface area contributed by atoms with Crippen LogP contribution in [0.4, 0.5) is 0 Å². The lowest BCUT2D eigenvalue weighted by Crippen LogP contribution is -2.32. The second kappa shape index (κ2) is 23.6. The van der Waals surface area contributed by atoms with E-state index in [2.05, 4.69) is 26.0 Å². The van der Waals surface area contributed by atoms with Gasteiger partial charge in [0.25, 0.3) is 0 Å². The Morgan fingerprint density at radius 3 is 1.16 bits per heavy atom. The minimum Gasteiger partial charge on any atom is -0.381 e. The van der Waals surface area contributed by atoms with E-state index in [9.17, 15) is 10.5 Å². The van der Waals surface area contributed by atoms with Crippen LogP contribution < -0.4 is 0 Å². The summed E-state index contributed by atoms with van der Waals surface area (Å²) in [7, 11) is 0. The van der Waals surface area contributed by atoms with Crippen molar-refractivity contribution < 1.29 is 9.47 Å². The van der Waals surface area contributed by atoms with Gasteiger partial charge in [0.1, 0.15) is 0 Å². The van der Waals surface area contributed by atoms with Gasteiger partial charge in [-0.25, -0.2) is 0 Å². The van der Waals surface area contributed by atoms with Gasteiger partial charge in [-0.2, -0.15) is 10.5 Å². The fraction of sp³-hybridized carbons (Fsp3) is 0.926. The third kappa shape index (κ3) is 19.3. The van der Waals surface area contributed by atoms with Crippen molar-refractivity contribution in [3.05, 3.63) is 0 Å². The monoisotopic (exact) mass is 434 g/mol. The molecule has 180 valence electrons. The van der Waals surface area contributed by atoms with E-state index in [1.165, 1.54) is 89.9 Å². The minimum atomic E-state index is -0.482. The second-order valence-corrected chi connectivity index (χ2v) is 9.22. The molecule has 0 amide bonds. The Morgan fingerprint density at radius 1 is 0.516 bits per heavy atom. The van der Waals surface area contributed by atoms with Crippen LogP contribution in [-0.4, -0.2) is 26.4 Å². The first-order valence-electron chi connectivity index (χ1n) is 13.1. The molecule has 31 heavy (non-hydrogen) atoms. The van der Waals surface area contributed by atoms with E-state index in [1.54, 1.807) is 0 Å². The van der Waals surface area contributed by atoms with Gasteiger partial charge in [0.2, 0.25) is 0 Å². The maximum absolute atomic E-state index is 9.28. The molecule has 4 nitrogen and oxygen atoms in total. The van der Waals surface area contributed by atoms with Crippen molar-refractivity contribution in [2.45, 2.75) is 129 Å². The van der Waals surface area contributed by atoms with Crippen molar-refractivity contribution >= 4 is 0 Å². The number of hydrogen-bond acceptors (Lipinski definition) is 4. The lowest BCUT2D eigenvalue weighted by atomic mass is 9.83. The SMILES string of the molecule is CCCCCCCCCCOCC(CC#N)(CC#N)COCCCCCCCCCC. The van der Waals surface area contributed by atoms with Crippen molar-refractivity contribution in [2.75, 3.05) is 26.4 Å². The lowest BCUT2D eigenvalue weighted by Gasteiger charge is -2.28. The fourth-order valence-corrected chi connectivity index (χ4v) is 3.90. The lowest BCUT2D eigenvalue weighted by molar-refractivity contribution is -0.0200. The Labute approximate surface area is 193 Å². The molecule has 0 saturated heterocycles. The Bertz CT molecular complexity index is 411. The van der Waals surface area contributed by atoms with Crippen LogP contribution in [0.15, 0.2) is 0 Å². The van der Waals surface area contributed by atoms with Gasteiger partial charge in [-0.1, -0.05) is 104 Å². The van der Waals surface area contributed by atoms with Crippen molar-refractivity contribution in [1.29, 1.82) is 10.5 Å². The maximum Gasteiger partial charge on any atom is 0.0629 e. The molecule has 0 aliphatic heterocycles. The third-order valence-corrected chi connectivity index (χ3v) is 6.01. The van der Waals surface area contributed by atoms with Gasteiger partial charge >= 0.3 is 0 Å². The molecule has 0 aliphatic carbocycles. The van der Waals surface area contributed by atoms with E-state index >= 15 is 0 Å². The quantitative estimate of drug-likeness (QED) is 0.144. The molecule has 0 aromatic rings. The Balaban J connectivity index is 3.95. The zero-order valence-corrected chi connectivity index (χ0v) is 20.8. The molecule has 0 bridgehead atoms. The molecule has 0 aliphatic rings. The van der Waals surface area contributed by atoms with Crippen LogP contribution >= 0.6 is 0 Å². The Kier molecular flexibility index (Phi) is 22.7. The van der Waals surface area contributed by atoms with E-state index in [0.717, 1.165) is 12.8 Å². The zero-order valence-electron chi connectivity index (χ0n) is 20.8. The zero-order chi connectivity index (χ0) is 22.9. The van der Waals surface area contributed by atoms with Gasteiger partial charge in [-0.05, 0) is 12.8 Å². The maximum atomic E-state index is 9.28. The average Bonchev–Trinajstić information content (AvgIpc) is 2.77. The van der Waals surface area contributed by atoms with Gasteiger partial charge in [-0.3, -0.25) is 0 Å². The summed E-state index contributed by atoms with van der Waals surface area (Å²) in [6.07, 6.45) is 21.0. The number of nitrogens with zero attached hydrogens (tertiary/aromatic N) is 2. The fourth-order valence-electron chi connectivity index (χ4n) is 3.90. The second-order valence-electron chi connectivity index (χ2n) is 9.22. The Morgan fingerprint density at radius 2 is 0.839 bits per heavy atom. The molecule has 0 unspecified atom stereocenters. The van der Waals surface area contributed by atoms with Crippen LogP contribution in [0, 0.1) is 28.1 Å². The topological polar surface area (TPSA) is 66.0 Å². The van der Waals surface area contributed by atoms with Gasteiger partial charge < -0.3 is 9.47 Å². The highest BCUT2D eigenvalue weighted by molar-refractivity contribution is 4.95. The molecule has 0 N–H and O–H groups in total. The number of unbranched alkanes of at least 4 members (excludes halogenated alkanes) is 14. The highest BCUT2D eigenvalue weighted by Crippen LogP contribution is 2.27. The largest absolute Gasteiger partial charge is 0.381 e. The molecule has 0 saturated carbocycles. The van der Waals surface area contributed by atoms with E-state index < -0.39 is 5.41 Å².